The minimum absolute atomic E-state index is 0.104. The second kappa shape index (κ2) is 5.21. The van der Waals surface area contributed by atoms with Crippen LogP contribution in [-0.2, 0) is 6.54 Å². The summed E-state index contributed by atoms with van der Waals surface area (Å²) in [6.07, 6.45) is 2.43. The van der Waals surface area contributed by atoms with Crippen LogP contribution in [0.5, 0.6) is 0 Å². The molecule has 104 valence electrons. The summed E-state index contributed by atoms with van der Waals surface area (Å²) in [5, 5.41) is 10.2. The Morgan fingerprint density at radius 3 is 2.85 bits per heavy atom. The number of aromatic amines is 1. The quantitative estimate of drug-likeness (QED) is 0.895. The number of benzene rings is 1. The van der Waals surface area contributed by atoms with E-state index in [9.17, 15) is 4.79 Å². The Balaban J connectivity index is 1.94. The van der Waals surface area contributed by atoms with Gasteiger partial charge in [-0.25, -0.2) is 5.10 Å². The van der Waals surface area contributed by atoms with E-state index in [4.69, 9.17) is 0 Å². The maximum absolute atomic E-state index is 11.8. The van der Waals surface area contributed by atoms with Gasteiger partial charge in [-0.3, -0.25) is 4.79 Å². The topological polar surface area (TPSA) is 57.8 Å². The Morgan fingerprint density at radius 1 is 1.30 bits per heavy atom. The molecule has 0 spiro atoms. The average molecular weight is 269 g/mol. The van der Waals surface area contributed by atoms with Crippen LogP contribution >= 0.6 is 0 Å². The van der Waals surface area contributed by atoms with Crippen molar-refractivity contribution in [2.24, 2.45) is 0 Å². The molecule has 4 nitrogen and oxygen atoms in total. The fraction of sp³-hybridized carbons (Fsp3) is 0.375. The molecule has 0 amide bonds. The summed E-state index contributed by atoms with van der Waals surface area (Å²) >= 11 is 0. The Bertz CT molecular complexity index is 686. The number of nitrogens with zero attached hydrogens (tertiary/aromatic N) is 1. The van der Waals surface area contributed by atoms with Gasteiger partial charge in [-0.2, -0.15) is 5.10 Å². The van der Waals surface area contributed by atoms with Crippen molar-refractivity contribution in [1.82, 2.24) is 15.5 Å². The van der Waals surface area contributed by atoms with E-state index in [1.165, 1.54) is 18.4 Å². The number of aryl methyl sites for hydroxylation is 2. The number of aromatic nitrogens is 2. The van der Waals surface area contributed by atoms with Crippen LogP contribution in [0.1, 0.15) is 29.5 Å². The van der Waals surface area contributed by atoms with Crippen LogP contribution in [-0.4, -0.2) is 16.2 Å². The first kappa shape index (κ1) is 13.1. The van der Waals surface area contributed by atoms with Crippen LogP contribution < -0.4 is 10.9 Å². The fourth-order valence-electron chi connectivity index (χ4n) is 2.27. The van der Waals surface area contributed by atoms with Crippen LogP contribution in [0.2, 0.25) is 0 Å². The fourth-order valence-corrected chi connectivity index (χ4v) is 2.27. The van der Waals surface area contributed by atoms with Gasteiger partial charge < -0.3 is 5.32 Å². The van der Waals surface area contributed by atoms with Gasteiger partial charge in [-0.15, -0.1) is 0 Å². The molecule has 2 N–H and O–H groups in total. The van der Waals surface area contributed by atoms with Crippen LogP contribution in [0.4, 0.5) is 0 Å². The summed E-state index contributed by atoms with van der Waals surface area (Å²) < 4.78 is 0. The molecule has 0 aliphatic heterocycles. The summed E-state index contributed by atoms with van der Waals surface area (Å²) in [6.45, 7) is 4.73. The molecular formula is C16H19N3O. The highest BCUT2D eigenvalue weighted by Crippen LogP contribution is 2.23. The molecule has 1 aromatic carbocycles. The van der Waals surface area contributed by atoms with Gasteiger partial charge in [-0.05, 0) is 44.4 Å². The Labute approximate surface area is 118 Å². The zero-order valence-electron chi connectivity index (χ0n) is 11.9. The lowest BCUT2D eigenvalue weighted by Crippen LogP contribution is -2.23. The monoisotopic (exact) mass is 269 g/mol. The molecule has 1 fully saturated rings. The minimum atomic E-state index is -0.104. The normalized spacial score (nSPS) is 14.5. The van der Waals surface area contributed by atoms with Crippen molar-refractivity contribution in [3.8, 4) is 11.3 Å². The average Bonchev–Trinajstić information content (AvgIpc) is 3.25. The molecule has 20 heavy (non-hydrogen) atoms. The maximum atomic E-state index is 11.8. The van der Waals surface area contributed by atoms with Crippen LogP contribution in [0, 0.1) is 13.8 Å². The lowest BCUT2D eigenvalue weighted by Gasteiger charge is -2.08. The van der Waals surface area contributed by atoms with E-state index < -0.39 is 0 Å². The van der Waals surface area contributed by atoms with E-state index >= 15 is 0 Å². The third kappa shape index (κ3) is 2.80. The van der Waals surface area contributed by atoms with E-state index in [0.29, 0.717) is 12.6 Å². The van der Waals surface area contributed by atoms with Gasteiger partial charge in [0, 0.05) is 23.7 Å². The molecule has 0 saturated heterocycles. The van der Waals surface area contributed by atoms with Gasteiger partial charge in [0.2, 0.25) is 0 Å². The van der Waals surface area contributed by atoms with Crippen molar-refractivity contribution < 1.29 is 0 Å². The number of hydrogen-bond donors (Lipinski definition) is 2. The van der Waals surface area contributed by atoms with E-state index in [1.807, 2.05) is 6.07 Å². The van der Waals surface area contributed by atoms with Gasteiger partial charge in [0.05, 0.1) is 5.69 Å². The number of rotatable bonds is 4. The molecule has 3 rings (SSSR count). The molecule has 0 atom stereocenters. The molecule has 0 unspecified atom stereocenters. The molecule has 1 saturated carbocycles. The molecule has 0 radical (unpaired) electrons. The van der Waals surface area contributed by atoms with Gasteiger partial charge >= 0.3 is 0 Å². The molecule has 0 bridgehead atoms. The van der Waals surface area contributed by atoms with E-state index in [2.05, 4.69) is 47.6 Å². The van der Waals surface area contributed by atoms with Gasteiger partial charge in [-0.1, -0.05) is 17.7 Å². The molecule has 1 heterocycles. The SMILES string of the molecule is Cc1ccc(C)c(-c2cc(CNC3CC3)c(=O)[nH]n2)c1. The number of hydrogen-bond acceptors (Lipinski definition) is 3. The standard InChI is InChI=1S/C16H19N3O/c1-10-3-4-11(2)14(7-10)15-8-12(16(20)19-18-15)9-17-13-5-6-13/h3-4,7-8,13,17H,5-6,9H2,1-2H3,(H,19,20). The Hall–Kier alpha value is -1.94. The summed E-state index contributed by atoms with van der Waals surface area (Å²) in [7, 11) is 0. The van der Waals surface area contributed by atoms with E-state index in [1.54, 1.807) is 0 Å². The molecule has 4 heteroatoms. The van der Waals surface area contributed by atoms with Crippen LogP contribution in [0.3, 0.4) is 0 Å². The maximum Gasteiger partial charge on any atom is 0.268 e. The first-order valence-corrected chi connectivity index (χ1v) is 7.03. The summed E-state index contributed by atoms with van der Waals surface area (Å²) in [5.74, 6) is 0. The van der Waals surface area contributed by atoms with E-state index in [-0.39, 0.29) is 5.56 Å². The van der Waals surface area contributed by atoms with Gasteiger partial charge in [0.1, 0.15) is 0 Å². The predicted octanol–water partition coefficient (Wildman–Crippen LogP) is 2.31. The van der Waals surface area contributed by atoms with Crippen molar-refractivity contribution in [2.75, 3.05) is 0 Å². The summed E-state index contributed by atoms with van der Waals surface area (Å²) in [4.78, 5) is 11.8. The predicted molar refractivity (Wildman–Crippen MR) is 79.6 cm³/mol. The molecule has 1 aromatic heterocycles. The van der Waals surface area contributed by atoms with Crippen LogP contribution in [0.15, 0.2) is 29.1 Å². The van der Waals surface area contributed by atoms with Crippen molar-refractivity contribution in [3.63, 3.8) is 0 Å². The second-order valence-electron chi connectivity index (χ2n) is 5.58. The first-order chi connectivity index (χ1) is 9.63. The molecule has 1 aliphatic carbocycles. The van der Waals surface area contributed by atoms with Crippen molar-refractivity contribution in [1.29, 1.82) is 0 Å². The smallest absolute Gasteiger partial charge is 0.268 e. The summed E-state index contributed by atoms with van der Waals surface area (Å²) in [6, 6.07) is 8.76. The van der Waals surface area contributed by atoms with Gasteiger partial charge in [0.15, 0.2) is 0 Å². The molecular weight excluding hydrogens is 250 g/mol. The molecule has 1 aliphatic rings. The highest BCUT2D eigenvalue weighted by atomic mass is 16.1. The van der Waals surface area contributed by atoms with Gasteiger partial charge in [0.25, 0.3) is 5.56 Å². The minimum Gasteiger partial charge on any atom is -0.310 e. The highest BCUT2D eigenvalue weighted by Gasteiger charge is 2.20. The lowest BCUT2D eigenvalue weighted by atomic mass is 10.0. The third-order valence-electron chi connectivity index (χ3n) is 3.71. The number of nitrogens with one attached hydrogen (secondary N) is 2. The van der Waals surface area contributed by atoms with Crippen LogP contribution in [0.25, 0.3) is 11.3 Å². The lowest BCUT2D eigenvalue weighted by molar-refractivity contribution is 0.679. The zero-order valence-corrected chi connectivity index (χ0v) is 11.9. The Kier molecular flexibility index (Phi) is 3.40. The van der Waals surface area contributed by atoms with Crippen molar-refractivity contribution in [2.45, 2.75) is 39.3 Å². The molecule has 2 aromatic rings. The van der Waals surface area contributed by atoms with Crippen molar-refractivity contribution >= 4 is 0 Å². The van der Waals surface area contributed by atoms with E-state index in [0.717, 1.165) is 22.4 Å². The highest BCUT2D eigenvalue weighted by molar-refractivity contribution is 5.64. The second-order valence-corrected chi connectivity index (χ2v) is 5.58. The zero-order chi connectivity index (χ0) is 14.1. The number of H-pyrrole nitrogens is 1. The van der Waals surface area contributed by atoms with Crippen molar-refractivity contribution in [3.05, 3.63) is 51.3 Å². The largest absolute Gasteiger partial charge is 0.310 e. The summed E-state index contributed by atoms with van der Waals surface area (Å²) in [5.41, 5.74) is 4.91. The first-order valence-electron chi connectivity index (χ1n) is 7.03. The Morgan fingerprint density at radius 2 is 2.10 bits per heavy atom. The third-order valence-corrected chi connectivity index (χ3v) is 3.71.